The highest BCUT2D eigenvalue weighted by molar-refractivity contribution is 7.08. The summed E-state index contributed by atoms with van der Waals surface area (Å²) in [6, 6.07) is 7.30. The van der Waals surface area contributed by atoms with Gasteiger partial charge in [-0.05, 0) is 35.9 Å². The van der Waals surface area contributed by atoms with Crippen LogP contribution in [-0.4, -0.2) is 30.6 Å². The molecule has 2 rings (SSSR count). The van der Waals surface area contributed by atoms with Crippen LogP contribution in [0.2, 0.25) is 0 Å². The molecule has 0 bridgehead atoms. The summed E-state index contributed by atoms with van der Waals surface area (Å²) < 4.78 is 5.25. The molecule has 1 aromatic heterocycles. The maximum atomic E-state index is 12.1. The SMILES string of the molecule is COc1ccccc1CC(CNC(=O)c1cscc1C)C(=O)O. The highest BCUT2D eigenvalue weighted by Gasteiger charge is 2.21. The van der Waals surface area contributed by atoms with Crippen LogP contribution >= 0.6 is 11.3 Å². The highest BCUT2D eigenvalue weighted by atomic mass is 32.1. The number of carboxylic acids is 1. The molecule has 122 valence electrons. The number of benzene rings is 1. The summed E-state index contributed by atoms with van der Waals surface area (Å²) in [5.74, 6) is -1.25. The molecule has 2 aromatic rings. The van der Waals surface area contributed by atoms with Crippen molar-refractivity contribution in [2.75, 3.05) is 13.7 Å². The van der Waals surface area contributed by atoms with Crippen LogP contribution in [0.4, 0.5) is 0 Å². The zero-order chi connectivity index (χ0) is 16.8. The summed E-state index contributed by atoms with van der Waals surface area (Å²) in [5, 5.41) is 15.8. The van der Waals surface area contributed by atoms with Gasteiger partial charge in [0.2, 0.25) is 0 Å². The van der Waals surface area contributed by atoms with Crippen LogP contribution in [0.25, 0.3) is 0 Å². The Morgan fingerprint density at radius 1 is 1.30 bits per heavy atom. The van der Waals surface area contributed by atoms with Crippen molar-refractivity contribution < 1.29 is 19.4 Å². The Hall–Kier alpha value is -2.34. The van der Waals surface area contributed by atoms with Crippen LogP contribution in [-0.2, 0) is 11.2 Å². The van der Waals surface area contributed by atoms with Gasteiger partial charge in [0.1, 0.15) is 5.75 Å². The quantitative estimate of drug-likeness (QED) is 0.817. The van der Waals surface area contributed by atoms with Gasteiger partial charge in [-0.25, -0.2) is 0 Å². The minimum absolute atomic E-state index is 0.0709. The molecular formula is C17H19NO4S. The Labute approximate surface area is 138 Å². The fraction of sp³-hybridized carbons (Fsp3) is 0.294. The molecule has 0 spiro atoms. The van der Waals surface area contributed by atoms with Crippen molar-refractivity contribution >= 4 is 23.2 Å². The molecule has 1 heterocycles. The molecule has 0 aliphatic rings. The van der Waals surface area contributed by atoms with Crippen LogP contribution in [0.1, 0.15) is 21.5 Å². The Kier molecular flexibility index (Phi) is 5.76. The Balaban J connectivity index is 2.03. The second-order valence-corrected chi connectivity index (χ2v) is 5.97. The zero-order valence-electron chi connectivity index (χ0n) is 13.0. The third-order valence-corrected chi connectivity index (χ3v) is 4.48. The van der Waals surface area contributed by atoms with E-state index in [1.165, 1.54) is 11.3 Å². The van der Waals surface area contributed by atoms with Gasteiger partial charge in [-0.1, -0.05) is 18.2 Å². The van der Waals surface area contributed by atoms with Crippen LogP contribution in [0.5, 0.6) is 5.75 Å². The van der Waals surface area contributed by atoms with Crippen molar-refractivity contribution in [3.05, 3.63) is 51.7 Å². The van der Waals surface area contributed by atoms with Gasteiger partial charge in [0.05, 0.1) is 18.6 Å². The van der Waals surface area contributed by atoms with Crippen LogP contribution in [0.15, 0.2) is 35.0 Å². The van der Waals surface area contributed by atoms with Gasteiger partial charge in [-0.15, -0.1) is 0 Å². The van der Waals surface area contributed by atoms with Crippen molar-refractivity contribution in [1.29, 1.82) is 0 Å². The molecule has 0 aliphatic heterocycles. The third kappa shape index (κ3) is 4.32. The van der Waals surface area contributed by atoms with Gasteiger partial charge in [0.25, 0.3) is 5.91 Å². The largest absolute Gasteiger partial charge is 0.496 e. The maximum absolute atomic E-state index is 12.1. The molecule has 0 radical (unpaired) electrons. The summed E-state index contributed by atoms with van der Waals surface area (Å²) in [6.07, 6.45) is 0.294. The molecular weight excluding hydrogens is 314 g/mol. The summed E-state index contributed by atoms with van der Waals surface area (Å²) in [5.41, 5.74) is 2.30. The van der Waals surface area contributed by atoms with E-state index in [0.29, 0.717) is 17.7 Å². The first-order valence-corrected chi connectivity index (χ1v) is 8.13. The van der Waals surface area contributed by atoms with E-state index in [1.807, 2.05) is 30.5 Å². The van der Waals surface area contributed by atoms with E-state index in [-0.39, 0.29) is 12.5 Å². The predicted octanol–water partition coefficient (Wildman–Crippen LogP) is 2.74. The number of carbonyl (C=O) groups is 2. The van der Waals surface area contributed by atoms with E-state index in [2.05, 4.69) is 5.32 Å². The van der Waals surface area contributed by atoms with Gasteiger partial charge >= 0.3 is 5.97 Å². The Bertz CT molecular complexity index is 695. The van der Waals surface area contributed by atoms with E-state index >= 15 is 0 Å². The Morgan fingerprint density at radius 3 is 2.65 bits per heavy atom. The zero-order valence-corrected chi connectivity index (χ0v) is 13.9. The number of hydrogen-bond acceptors (Lipinski definition) is 4. The van der Waals surface area contributed by atoms with Gasteiger partial charge in [0, 0.05) is 11.9 Å². The maximum Gasteiger partial charge on any atom is 0.308 e. The number of aryl methyl sites for hydroxylation is 1. The van der Waals surface area contributed by atoms with Crippen LogP contribution in [0, 0.1) is 12.8 Å². The number of ether oxygens (including phenoxy) is 1. The number of para-hydroxylation sites is 1. The molecule has 2 N–H and O–H groups in total. The topological polar surface area (TPSA) is 75.6 Å². The lowest BCUT2D eigenvalue weighted by Gasteiger charge is -2.15. The van der Waals surface area contributed by atoms with Crippen molar-refractivity contribution in [3.63, 3.8) is 0 Å². The number of thiophene rings is 1. The number of nitrogens with one attached hydrogen (secondary N) is 1. The smallest absolute Gasteiger partial charge is 0.308 e. The third-order valence-electron chi connectivity index (χ3n) is 3.62. The summed E-state index contributed by atoms with van der Waals surface area (Å²) in [4.78, 5) is 23.6. The summed E-state index contributed by atoms with van der Waals surface area (Å²) >= 11 is 1.45. The molecule has 0 saturated carbocycles. The second-order valence-electron chi connectivity index (χ2n) is 5.23. The monoisotopic (exact) mass is 333 g/mol. The number of methoxy groups -OCH3 is 1. The van der Waals surface area contributed by atoms with E-state index < -0.39 is 11.9 Å². The van der Waals surface area contributed by atoms with Crippen LogP contribution < -0.4 is 10.1 Å². The molecule has 23 heavy (non-hydrogen) atoms. The van der Waals surface area contributed by atoms with Gasteiger partial charge < -0.3 is 15.2 Å². The Morgan fingerprint density at radius 2 is 2.04 bits per heavy atom. The minimum Gasteiger partial charge on any atom is -0.496 e. The minimum atomic E-state index is -0.946. The van der Waals surface area contributed by atoms with E-state index in [4.69, 9.17) is 4.74 Å². The summed E-state index contributed by atoms with van der Waals surface area (Å²) in [6.45, 7) is 1.93. The average molecular weight is 333 g/mol. The molecule has 1 amide bonds. The average Bonchev–Trinajstić information content (AvgIpc) is 2.97. The first-order chi connectivity index (χ1) is 11.0. The molecule has 0 aliphatic carbocycles. The van der Waals surface area contributed by atoms with Crippen molar-refractivity contribution in [2.45, 2.75) is 13.3 Å². The summed E-state index contributed by atoms with van der Waals surface area (Å²) in [7, 11) is 1.55. The number of aliphatic carboxylic acids is 1. The van der Waals surface area contributed by atoms with E-state index in [0.717, 1.165) is 11.1 Å². The fourth-order valence-corrected chi connectivity index (χ4v) is 3.12. The molecule has 1 unspecified atom stereocenters. The van der Waals surface area contributed by atoms with Gasteiger partial charge in [-0.3, -0.25) is 9.59 Å². The lowest BCUT2D eigenvalue weighted by atomic mass is 9.98. The molecule has 1 aromatic carbocycles. The molecule has 5 nitrogen and oxygen atoms in total. The molecule has 1 atom stereocenters. The van der Waals surface area contributed by atoms with E-state index in [9.17, 15) is 14.7 Å². The first-order valence-electron chi connectivity index (χ1n) is 7.18. The normalized spacial score (nSPS) is 11.7. The lowest BCUT2D eigenvalue weighted by molar-refractivity contribution is -0.141. The van der Waals surface area contributed by atoms with Gasteiger partial charge in [0.15, 0.2) is 0 Å². The number of carbonyl (C=O) groups excluding carboxylic acids is 1. The van der Waals surface area contributed by atoms with Crippen molar-refractivity contribution in [2.24, 2.45) is 5.92 Å². The van der Waals surface area contributed by atoms with Gasteiger partial charge in [-0.2, -0.15) is 11.3 Å². The van der Waals surface area contributed by atoms with Crippen molar-refractivity contribution in [1.82, 2.24) is 5.32 Å². The number of carboxylic acid groups (broad SMARTS) is 1. The number of amides is 1. The fourth-order valence-electron chi connectivity index (χ4n) is 2.29. The molecule has 6 heteroatoms. The van der Waals surface area contributed by atoms with Crippen LogP contribution in [0.3, 0.4) is 0 Å². The standard InChI is InChI=1S/C17H19NO4S/c1-11-9-23-10-14(11)16(19)18-8-13(17(20)21)7-12-5-3-4-6-15(12)22-2/h3-6,9-10,13H,7-8H2,1-2H3,(H,18,19)(H,20,21). The molecule has 0 fully saturated rings. The van der Waals surface area contributed by atoms with E-state index in [1.54, 1.807) is 18.6 Å². The number of rotatable bonds is 7. The molecule has 0 saturated heterocycles. The van der Waals surface area contributed by atoms with Crippen molar-refractivity contribution in [3.8, 4) is 5.75 Å². The number of hydrogen-bond donors (Lipinski definition) is 2. The lowest BCUT2D eigenvalue weighted by Crippen LogP contribution is -2.34. The highest BCUT2D eigenvalue weighted by Crippen LogP contribution is 2.21. The predicted molar refractivity (Wildman–Crippen MR) is 89.2 cm³/mol. The second kappa shape index (κ2) is 7.78. The first kappa shape index (κ1) is 17.0.